The van der Waals surface area contributed by atoms with Gasteiger partial charge in [-0.15, -0.1) is 0 Å². The predicted octanol–water partition coefficient (Wildman–Crippen LogP) is 3.34. The van der Waals surface area contributed by atoms with Crippen molar-refractivity contribution in [2.45, 2.75) is 45.3 Å². The smallest absolute Gasteiger partial charge is 0.225 e. The van der Waals surface area contributed by atoms with Gasteiger partial charge in [0.1, 0.15) is 5.82 Å². The number of hydrogen-bond acceptors (Lipinski definition) is 6. The largest absolute Gasteiger partial charge is 0.376 e. The van der Waals surface area contributed by atoms with Gasteiger partial charge in [-0.2, -0.15) is 4.98 Å². The molecule has 128 valence electrons. The number of aromatic nitrogens is 3. The highest BCUT2D eigenvalue weighted by Crippen LogP contribution is 2.21. The molecule has 0 aromatic carbocycles. The van der Waals surface area contributed by atoms with E-state index in [2.05, 4.69) is 39.4 Å². The predicted molar refractivity (Wildman–Crippen MR) is 96.1 cm³/mol. The van der Waals surface area contributed by atoms with Gasteiger partial charge in [0.05, 0.1) is 17.5 Å². The molecule has 0 saturated carbocycles. The number of hydrogen-bond donors (Lipinski definition) is 2. The molecule has 2 aromatic rings. The van der Waals surface area contributed by atoms with Crippen LogP contribution in [0.5, 0.6) is 0 Å². The van der Waals surface area contributed by atoms with E-state index in [-0.39, 0.29) is 6.10 Å². The number of anilines is 2. The van der Waals surface area contributed by atoms with E-state index in [1.54, 1.807) is 6.20 Å². The molecule has 1 aliphatic heterocycles. The maximum Gasteiger partial charge on any atom is 0.225 e. The zero-order chi connectivity index (χ0) is 16.8. The van der Waals surface area contributed by atoms with Crippen LogP contribution in [-0.2, 0) is 4.74 Å². The average Bonchev–Trinajstić information content (AvgIpc) is 3.14. The van der Waals surface area contributed by atoms with Crippen LogP contribution in [0.2, 0.25) is 0 Å². The Balaban J connectivity index is 1.81. The second-order valence-corrected chi connectivity index (χ2v) is 6.15. The highest BCUT2D eigenvalue weighted by molar-refractivity contribution is 5.61. The quantitative estimate of drug-likeness (QED) is 0.812. The van der Waals surface area contributed by atoms with Crippen molar-refractivity contribution in [3.63, 3.8) is 0 Å². The van der Waals surface area contributed by atoms with Gasteiger partial charge < -0.3 is 15.4 Å². The molecule has 24 heavy (non-hydrogen) atoms. The zero-order valence-corrected chi connectivity index (χ0v) is 14.3. The molecule has 1 aliphatic rings. The molecule has 1 fully saturated rings. The summed E-state index contributed by atoms with van der Waals surface area (Å²) in [5.74, 6) is 1.43. The van der Waals surface area contributed by atoms with Crippen molar-refractivity contribution >= 4 is 11.8 Å². The number of pyridine rings is 1. The molecule has 1 saturated heterocycles. The third-order valence-corrected chi connectivity index (χ3v) is 4.18. The van der Waals surface area contributed by atoms with Crippen molar-refractivity contribution in [3.8, 4) is 11.4 Å². The first kappa shape index (κ1) is 16.6. The Morgan fingerprint density at radius 1 is 1.29 bits per heavy atom. The summed E-state index contributed by atoms with van der Waals surface area (Å²) in [5.41, 5.74) is 1.65. The Kier molecular flexibility index (Phi) is 5.59. The molecular weight excluding hydrogens is 302 g/mol. The van der Waals surface area contributed by atoms with Crippen molar-refractivity contribution in [3.05, 3.63) is 30.5 Å². The first-order valence-electron chi connectivity index (χ1n) is 8.67. The van der Waals surface area contributed by atoms with Crippen LogP contribution in [0.3, 0.4) is 0 Å². The molecule has 0 unspecified atom stereocenters. The monoisotopic (exact) mass is 327 g/mol. The van der Waals surface area contributed by atoms with E-state index < -0.39 is 0 Å². The summed E-state index contributed by atoms with van der Waals surface area (Å²) < 4.78 is 5.67. The van der Waals surface area contributed by atoms with E-state index in [1.165, 1.54) is 0 Å². The molecule has 0 aliphatic carbocycles. The van der Waals surface area contributed by atoms with Gasteiger partial charge in [0.25, 0.3) is 0 Å². The van der Waals surface area contributed by atoms with Gasteiger partial charge in [0.15, 0.2) is 0 Å². The van der Waals surface area contributed by atoms with Crippen molar-refractivity contribution in [2.75, 3.05) is 23.8 Å². The van der Waals surface area contributed by atoms with Crippen LogP contribution >= 0.6 is 0 Å². The molecular formula is C18H25N5O. The first-order chi connectivity index (χ1) is 11.7. The highest BCUT2D eigenvalue weighted by Gasteiger charge is 2.16. The van der Waals surface area contributed by atoms with Crippen molar-refractivity contribution < 1.29 is 4.74 Å². The first-order valence-corrected chi connectivity index (χ1v) is 8.67. The van der Waals surface area contributed by atoms with Crippen LogP contribution in [-0.4, -0.2) is 40.2 Å². The molecule has 3 heterocycles. The maximum atomic E-state index is 5.67. The fourth-order valence-corrected chi connectivity index (χ4v) is 2.59. The summed E-state index contributed by atoms with van der Waals surface area (Å²) in [6, 6.07) is 8.08. The van der Waals surface area contributed by atoms with Crippen LogP contribution in [0.4, 0.5) is 11.8 Å². The van der Waals surface area contributed by atoms with E-state index in [9.17, 15) is 0 Å². The van der Waals surface area contributed by atoms with Crippen LogP contribution in [0.15, 0.2) is 30.5 Å². The summed E-state index contributed by atoms with van der Waals surface area (Å²) >= 11 is 0. The molecule has 0 radical (unpaired) electrons. The normalized spacial score (nSPS) is 18.3. The minimum absolute atomic E-state index is 0.268. The Bertz CT molecular complexity index is 643. The summed E-state index contributed by atoms with van der Waals surface area (Å²) in [4.78, 5) is 13.6. The lowest BCUT2D eigenvalue weighted by atomic mass is 10.2. The number of nitrogens with one attached hydrogen (secondary N) is 2. The van der Waals surface area contributed by atoms with E-state index in [0.717, 1.165) is 49.6 Å². The fraction of sp³-hybridized carbons (Fsp3) is 0.500. The lowest BCUT2D eigenvalue weighted by molar-refractivity contribution is 0.120. The van der Waals surface area contributed by atoms with E-state index in [0.29, 0.717) is 12.0 Å². The Morgan fingerprint density at radius 3 is 2.92 bits per heavy atom. The van der Waals surface area contributed by atoms with Crippen LogP contribution in [0.25, 0.3) is 11.4 Å². The van der Waals surface area contributed by atoms with Crippen LogP contribution < -0.4 is 10.6 Å². The fourth-order valence-electron chi connectivity index (χ4n) is 2.59. The second-order valence-electron chi connectivity index (χ2n) is 6.15. The molecule has 2 atom stereocenters. The number of nitrogens with zero attached hydrogens (tertiary/aromatic N) is 3. The summed E-state index contributed by atoms with van der Waals surface area (Å²) in [7, 11) is 0. The van der Waals surface area contributed by atoms with Gasteiger partial charge in [-0.25, -0.2) is 4.98 Å². The number of ether oxygens (including phenoxy) is 1. The lowest BCUT2D eigenvalue weighted by Gasteiger charge is -2.15. The van der Waals surface area contributed by atoms with Gasteiger partial charge in [-0.3, -0.25) is 4.98 Å². The van der Waals surface area contributed by atoms with E-state index >= 15 is 0 Å². The standard InChI is InChI=1S/C18H25N5O/c1-3-13(2)21-18-22-16(15-8-4-5-9-19-15)11-17(23-18)20-12-14-7-6-10-24-14/h4-5,8-9,11,13-14H,3,6-7,10,12H2,1-2H3,(H2,20,21,22,23)/t13-,14-/m0/s1. The molecule has 0 amide bonds. The summed E-state index contributed by atoms with van der Waals surface area (Å²) in [6.07, 6.45) is 5.29. The number of rotatable bonds is 7. The molecule has 2 aromatic heterocycles. The van der Waals surface area contributed by atoms with Gasteiger partial charge in [0, 0.05) is 31.5 Å². The molecule has 6 heteroatoms. The van der Waals surface area contributed by atoms with E-state index in [4.69, 9.17) is 4.74 Å². The maximum absolute atomic E-state index is 5.67. The van der Waals surface area contributed by atoms with Crippen molar-refractivity contribution in [1.82, 2.24) is 15.0 Å². The molecule has 0 spiro atoms. The third-order valence-electron chi connectivity index (χ3n) is 4.18. The highest BCUT2D eigenvalue weighted by atomic mass is 16.5. The molecule has 2 N–H and O–H groups in total. The average molecular weight is 327 g/mol. The minimum Gasteiger partial charge on any atom is -0.376 e. The molecule has 6 nitrogen and oxygen atoms in total. The molecule has 3 rings (SSSR count). The Morgan fingerprint density at radius 2 is 2.21 bits per heavy atom. The van der Waals surface area contributed by atoms with E-state index in [1.807, 2.05) is 24.3 Å². The second kappa shape index (κ2) is 8.06. The summed E-state index contributed by atoms with van der Waals surface area (Å²) in [5, 5.41) is 6.73. The van der Waals surface area contributed by atoms with Crippen LogP contribution in [0.1, 0.15) is 33.1 Å². The van der Waals surface area contributed by atoms with Gasteiger partial charge >= 0.3 is 0 Å². The van der Waals surface area contributed by atoms with Crippen molar-refractivity contribution in [1.29, 1.82) is 0 Å². The topological polar surface area (TPSA) is 72.0 Å². The SMILES string of the molecule is CC[C@H](C)Nc1nc(NC[C@@H]2CCCO2)cc(-c2ccccn2)n1. The van der Waals surface area contributed by atoms with Gasteiger partial charge in [-0.1, -0.05) is 13.0 Å². The minimum atomic E-state index is 0.268. The van der Waals surface area contributed by atoms with Gasteiger partial charge in [-0.05, 0) is 38.3 Å². The third kappa shape index (κ3) is 4.41. The van der Waals surface area contributed by atoms with Crippen LogP contribution in [0, 0.1) is 0 Å². The zero-order valence-electron chi connectivity index (χ0n) is 14.3. The van der Waals surface area contributed by atoms with Gasteiger partial charge in [0.2, 0.25) is 5.95 Å². The van der Waals surface area contributed by atoms with Crippen molar-refractivity contribution in [2.24, 2.45) is 0 Å². The molecule has 0 bridgehead atoms. The lowest BCUT2D eigenvalue weighted by Crippen LogP contribution is -2.20. The summed E-state index contributed by atoms with van der Waals surface area (Å²) in [6.45, 7) is 5.88. The Hall–Kier alpha value is -2.21. The Labute approximate surface area is 143 Å².